The highest BCUT2D eigenvalue weighted by Gasteiger charge is 2.19. The summed E-state index contributed by atoms with van der Waals surface area (Å²) in [5, 5.41) is 10.9. The lowest BCUT2D eigenvalue weighted by Crippen LogP contribution is -2.32. The molecule has 4 rings (SSSR count). The first-order valence-corrected chi connectivity index (χ1v) is 9.78. The fraction of sp³-hybridized carbons (Fsp3) is 0.318. The van der Waals surface area contributed by atoms with Crippen LogP contribution in [-0.2, 0) is 0 Å². The Morgan fingerprint density at radius 3 is 2.72 bits per heavy atom. The molecule has 0 saturated carbocycles. The maximum absolute atomic E-state index is 12.6. The van der Waals surface area contributed by atoms with E-state index in [1.807, 2.05) is 48.3 Å². The molecule has 1 saturated heterocycles. The molecule has 2 unspecified atom stereocenters. The second-order valence-corrected chi connectivity index (χ2v) is 7.24. The first kappa shape index (κ1) is 21.0. The van der Waals surface area contributed by atoms with Crippen molar-refractivity contribution < 1.29 is 4.79 Å². The van der Waals surface area contributed by atoms with Gasteiger partial charge >= 0.3 is 0 Å². The van der Waals surface area contributed by atoms with E-state index >= 15 is 0 Å². The first-order valence-electron chi connectivity index (χ1n) is 9.78. The monoisotopic (exact) mass is 411 g/mol. The molecular weight excluding hydrogens is 386 g/mol. The van der Waals surface area contributed by atoms with Gasteiger partial charge in [-0.2, -0.15) is 5.10 Å². The van der Waals surface area contributed by atoms with Crippen LogP contribution in [0.1, 0.15) is 47.9 Å². The van der Waals surface area contributed by atoms with Crippen molar-refractivity contribution in [2.45, 2.75) is 31.8 Å². The predicted octanol–water partition coefficient (Wildman–Crippen LogP) is 3.78. The van der Waals surface area contributed by atoms with Gasteiger partial charge in [0.1, 0.15) is 5.69 Å². The lowest BCUT2D eigenvalue weighted by Gasteiger charge is -2.22. The van der Waals surface area contributed by atoms with Crippen molar-refractivity contribution in [3.05, 3.63) is 72.3 Å². The number of carbonyl (C=O) groups excluding carboxylic acids is 1. The van der Waals surface area contributed by atoms with Gasteiger partial charge in [-0.25, -0.2) is 0 Å². The van der Waals surface area contributed by atoms with E-state index in [1.54, 1.807) is 12.3 Å². The fourth-order valence-electron chi connectivity index (χ4n) is 3.57. The minimum atomic E-state index is -0.147. The highest BCUT2D eigenvalue weighted by Crippen LogP contribution is 2.21. The topological polar surface area (TPSA) is 71.8 Å². The zero-order chi connectivity index (χ0) is 19.3. The van der Waals surface area contributed by atoms with Crippen LogP contribution in [0.25, 0.3) is 11.1 Å². The normalized spacial score (nSPS) is 17.2. The third kappa shape index (κ3) is 5.02. The Morgan fingerprint density at radius 1 is 1.21 bits per heavy atom. The van der Waals surface area contributed by atoms with Crippen molar-refractivity contribution in [2.75, 3.05) is 13.1 Å². The molecule has 0 radical (unpaired) electrons. The van der Waals surface area contributed by atoms with Crippen LogP contribution in [0.5, 0.6) is 0 Å². The molecular formula is C22H26ClN5O. The second kappa shape index (κ2) is 9.67. The van der Waals surface area contributed by atoms with Crippen molar-refractivity contribution in [3.63, 3.8) is 0 Å². The molecule has 1 aliphatic rings. The Bertz CT molecular complexity index is 920. The van der Waals surface area contributed by atoms with Crippen LogP contribution in [0.2, 0.25) is 0 Å². The number of hydrogen-bond acceptors (Lipinski definition) is 4. The third-order valence-electron chi connectivity index (χ3n) is 5.24. The average molecular weight is 412 g/mol. The van der Waals surface area contributed by atoms with Gasteiger partial charge < -0.3 is 10.6 Å². The summed E-state index contributed by atoms with van der Waals surface area (Å²) in [6, 6.07) is 14.2. The summed E-state index contributed by atoms with van der Waals surface area (Å²) < 4.78 is 1.91. The van der Waals surface area contributed by atoms with Crippen LogP contribution >= 0.6 is 12.4 Å². The number of piperidine rings is 1. The van der Waals surface area contributed by atoms with Crippen molar-refractivity contribution in [1.29, 1.82) is 0 Å². The molecule has 1 aliphatic heterocycles. The molecule has 1 amide bonds. The van der Waals surface area contributed by atoms with Crippen molar-refractivity contribution in [2.24, 2.45) is 0 Å². The number of pyridine rings is 1. The smallest absolute Gasteiger partial charge is 0.272 e. The van der Waals surface area contributed by atoms with Crippen LogP contribution in [0, 0.1) is 0 Å². The first-order chi connectivity index (χ1) is 13.7. The van der Waals surface area contributed by atoms with Crippen LogP contribution in [0.3, 0.4) is 0 Å². The summed E-state index contributed by atoms with van der Waals surface area (Å²) in [6.07, 6.45) is 7.74. The van der Waals surface area contributed by atoms with Crippen LogP contribution < -0.4 is 10.6 Å². The predicted molar refractivity (Wildman–Crippen MR) is 116 cm³/mol. The van der Waals surface area contributed by atoms with Gasteiger partial charge in [-0.3, -0.25) is 14.5 Å². The number of nitrogens with one attached hydrogen (secondary N) is 2. The van der Waals surface area contributed by atoms with Gasteiger partial charge in [0.2, 0.25) is 0 Å². The number of carbonyl (C=O) groups is 1. The largest absolute Gasteiger partial charge is 0.344 e. The SMILES string of the molecule is CC(NC(=O)c1ccn(C2CCCNC2)n1)c1ccc(-c2cccnc2)cc1.Cl. The summed E-state index contributed by atoms with van der Waals surface area (Å²) >= 11 is 0. The summed E-state index contributed by atoms with van der Waals surface area (Å²) in [7, 11) is 0. The molecule has 152 valence electrons. The molecule has 29 heavy (non-hydrogen) atoms. The van der Waals surface area contributed by atoms with Gasteiger partial charge in [0.15, 0.2) is 0 Å². The molecule has 3 aromatic rings. The third-order valence-corrected chi connectivity index (χ3v) is 5.24. The van der Waals surface area contributed by atoms with Gasteiger partial charge in [0, 0.05) is 25.1 Å². The van der Waals surface area contributed by atoms with E-state index in [2.05, 4.69) is 32.8 Å². The van der Waals surface area contributed by atoms with Gasteiger partial charge in [-0.1, -0.05) is 30.3 Å². The van der Waals surface area contributed by atoms with E-state index in [1.165, 1.54) is 0 Å². The maximum atomic E-state index is 12.6. The molecule has 1 aromatic carbocycles. The van der Waals surface area contributed by atoms with E-state index < -0.39 is 0 Å². The molecule has 1 fully saturated rings. The fourth-order valence-corrected chi connectivity index (χ4v) is 3.57. The molecule has 7 heteroatoms. The van der Waals surface area contributed by atoms with Gasteiger partial charge in [0.25, 0.3) is 5.91 Å². The number of amides is 1. The molecule has 2 N–H and O–H groups in total. The zero-order valence-electron chi connectivity index (χ0n) is 16.4. The second-order valence-electron chi connectivity index (χ2n) is 7.24. The Morgan fingerprint density at radius 2 is 2.03 bits per heavy atom. The van der Waals surface area contributed by atoms with Crippen LogP contribution in [0.15, 0.2) is 61.1 Å². The number of benzene rings is 1. The summed E-state index contributed by atoms with van der Waals surface area (Å²) in [4.78, 5) is 16.8. The minimum absolute atomic E-state index is 0. The standard InChI is InChI=1S/C22H25N5O.ClH/c1-16(17-6-8-18(9-7-17)19-4-2-11-23-14-19)25-22(28)21-10-13-27(26-21)20-5-3-12-24-15-20;/h2,4,6-11,13-14,16,20,24H,3,5,12,15H2,1H3,(H,25,28);1H. The van der Waals surface area contributed by atoms with Crippen LogP contribution in [-0.4, -0.2) is 33.8 Å². The highest BCUT2D eigenvalue weighted by molar-refractivity contribution is 5.92. The number of hydrogen-bond donors (Lipinski definition) is 2. The van der Waals surface area contributed by atoms with Crippen LogP contribution in [0.4, 0.5) is 0 Å². The Labute approximate surface area is 177 Å². The molecule has 0 bridgehead atoms. The van der Waals surface area contributed by atoms with Gasteiger partial charge in [-0.15, -0.1) is 12.4 Å². The van der Waals surface area contributed by atoms with E-state index in [9.17, 15) is 4.79 Å². The molecule has 3 heterocycles. The number of aromatic nitrogens is 3. The maximum Gasteiger partial charge on any atom is 0.272 e. The van der Waals surface area contributed by atoms with Crippen molar-refractivity contribution in [1.82, 2.24) is 25.4 Å². The Kier molecular flexibility index (Phi) is 7.01. The molecule has 0 aliphatic carbocycles. The summed E-state index contributed by atoms with van der Waals surface area (Å²) in [5.74, 6) is -0.147. The lowest BCUT2D eigenvalue weighted by molar-refractivity contribution is 0.0933. The lowest BCUT2D eigenvalue weighted by atomic mass is 10.0. The average Bonchev–Trinajstić information content (AvgIpc) is 3.26. The van der Waals surface area contributed by atoms with Gasteiger partial charge in [0.05, 0.1) is 12.1 Å². The van der Waals surface area contributed by atoms with E-state index in [0.717, 1.165) is 42.6 Å². The number of halogens is 1. The number of rotatable bonds is 5. The highest BCUT2D eigenvalue weighted by atomic mass is 35.5. The molecule has 2 atom stereocenters. The zero-order valence-corrected chi connectivity index (χ0v) is 17.2. The van der Waals surface area contributed by atoms with Crippen molar-refractivity contribution >= 4 is 18.3 Å². The van der Waals surface area contributed by atoms with Gasteiger partial charge in [-0.05, 0) is 55.1 Å². The summed E-state index contributed by atoms with van der Waals surface area (Å²) in [6.45, 7) is 3.95. The Hall–Kier alpha value is -2.70. The molecule has 2 aromatic heterocycles. The van der Waals surface area contributed by atoms with E-state index in [0.29, 0.717) is 11.7 Å². The number of nitrogens with zero attached hydrogens (tertiary/aromatic N) is 3. The van der Waals surface area contributed by atoms with E-state index in [-0.39, 0.29) is 24.4 Å². The molecule has 6 nitrogen and oxygen atoms in total. The van der Waals surface area contributed by atoms with E-state index in [4.69, 9.17) is 0 Å². The Balaban J connectivity index is 0.00000240. The van der Waals surface area contributed by atoms with Crippen molar-refractivity contribution in [3.8, 4) is 11.1 Å². The summed E-state index contributed by atoms with van der Waals surface area (Å²) in [5.41, 5.74) is 3.70. The quantitative estimate of drug-likeness (QED) is 0.670. The molecule has 0 spiro atoms. The minimum Gasteiger partial charge on any atom is -0.344 e.